The van der Waals surface area contributed by atoms with Crippen LogP contribution in [0.4, 0.5) is 11.5 Å². The van der Waals surface area contributed by atoms with E-state index in [0.29, 0.717) is 31.1 Å². The zero-order valence-electron chi connectivity index (χ0n) is 18.5. The summed E-state index contributed by atoms with van der Waals surface area (Å²) in [7, 11) is 3.64. The SMILES string of the molecule is CCN(c1cc(-c2ccncc2)c(NC)[nH]c1=O)[C@@H]1CCCN(C(=O)C=CCNC)C1. The van der Waals surface area contributed by atoms with Gasteiger partial charge in [0.2, 0.25) is 5.91 Å². The van der Waals surface area contributed by atoms with Crippen LogP contribution in [-0.2, 0) is 4.79 Å². The lowest BCUT2D eigenvalue weighted by molar-refractivity contribution is -0.127. The number of aromatic amines is 1. The third-order valence-electron chi connectivity index (χ3n) is 5.64. The highest BCUT2D eigenvalue weighted by Crippen LogP contribution is 2.29. The number of pyridine rings is 2. The summed E-state index contributed by atoms with van der Waals surface area (Å²) in [6.45, 7) is 4.74. The van der Waals surface area contributed by atoms with E-state index in [1.165, 1.54) is 0 Å². The van der Waals surface area contributed by atoms with E-state index in [9.17, 15) is 9.59 Å². The Morgan fingerprint density at radius 1 is 1.35 bits per heavy atom. The minimum atomic E-state index is -0.138. The second kappa shape index (κ2) is 10.8. The lowest BCUT2D eigenvalue weighted by atomic mass is 10.0. The number of H-pyrrole nitrogens is 1. The third-order valence-corrected chi connectivity index (χ3v) is 5.64. The van der Waals surface area contributed by atoms with E-state index in [1.807, 2.05) is 43.1 Å². The number of nitrogens with one attached hydrogen (secondary N) is 3. The Labute approximate surface area is 183 Å². The van der Waals surface area contributed by atoms with Crippen molar-refractivity contribution in [1.29, 1.82) is 0 Å². The molecule has 0 aromatic carbocycles. The highest BCUT2D eigenvalue weighted by atomic mass is 16.2. The highest BCUT2D eigenvalue weighted by Gasteiger charge is 2.28. The first kappa shape index (κ1) is 22.6. The van der Waals surface area contributed by atoms with Crippen molar-refractivity contribution < 1.29 is 4.79 Å². The van der Waals surface area contributed by atoms with Crippen LogP contribution in [0.3, 0.4) is 0 Å². The van der Waals surface area contributed by atoms with Gasteiger partial charge in [0.25, 0.3) is 5.56 Å². The summed E-state index contributed by atoms with van der Waals surface area (Å²) in [6, 6.07) is 5.88. The summed E-state index contributed by atoms with van der Waals surface area (Å²) in [4.78, 5) is 36.6. The number of likely N-dealkylation sites (tertiary alicyclic amines) is 1. The number of hydrogen-bond acceptors (Lipinski definition) is 6. The molecule has 0 unspecified atom stereocenters. The number of amides is 1. The smallest absolute Gasteiger partial charge is 0.273 e. The Bertz CT molecular complexity index is 956. The molecular weight excluding hydrogens is 392 g/mol. The van der Waals surface area contributed by atoms with Crippen LogP contribution in [0.5, 0.6) is 0 Å². The summed E-state index contributed by atoms with van der Waals surface area (Å²) in [6.07, 6.45) is 8.80. The maximum absolute atomic E-state index is 13.0. The van der Waals surface area contributed by atoms with E-state index in [-0.39, 0.29) is 17.5 Å². The minimum Gasteiger partial charge on any atom is -0.374 e. The average Bonchev–Trinajstić information content (AvgIpc) is 2.81. The quantitative estimate of drug-likeness (QED) is 0.562. The predicted octanol–water partition coefficient (Wildman–Crippen LogP) is 2.07. The molecule has 0 bridgehead atoms. The predicted molar refractivity (Wildman–Crippen MR) is 126 cm³/mol. The van der Waals surface area contributed by atoms with Crippen molar-refractivity contribution in [3.63, 3.8) is 0 Å². The molecule has 166 valence electrons. The number of nitrogens with zero attached hydrogens (tertiary/aromatic N) is 3. The zero-order chi connectivity index (χ0) is 22.2. The van der Waals surface area contributed by atoms with Crippen LogP contribution < -0.4 is 21.1 Å². The second-order valence-electron chi connectivity index (χ2n) is 7.58. The average molecular weight is 425 g/mol. The van der Waals surface area contributed by atoms with Gasteiger partial charge in [-0.3, -0.25) is 14.6 Å². The molecule has 8 heteroatoms. The molecule has 3 N–H and O–H groups in total. The fourth-order valence-corrected chi connectivity index (χ4v) is 4.11. The number of rotatable bonds is 8. The standard InChI is InChI=1S/C23H32N6O2/c1-4-29(18-7-6-14-28(16-18)21(30)8-5-11-24-2)20-15-19(17-9-12-26-13-10-17)22(25-3)27-23(20)31/h5,8-10,12-13,15,18,24H,4,6-7,11,14,16H2,1-3H3,(H2,25,27,31)/t18-/m1/s1. The number of carbonyl (C=O) groups is 1. The van der Waals surface area contributed by atoms with Gasteiger partial charge in [0.15, 0.2) is 0 Å². The van der Waals surface area contributed by atoms with E-state index >= 15 is 0 Å². The van der Waals surface area contributed by atoms with Gasteiger partial charge in [-0.05, 0) is 50.6 Å². The number of piperidine rings is 1. The molecule has 3 heterocycles. The molecular formula is C23H32N6O2. The van der Waals surface area contributed by atoms with Gasteiger partial charge < -0.3 is 25.4 Å². The van der Waals surface area contributed by atoms with Gasteiger partial charge in [-0.2, -0.15) is 0 Å². The largest absolute Gasteiger partial charge is 0.374 e. The van der Waals surface area contributed by atoms with Crippen LogP contribution in [0, 0.1) is 0 Å². The Morgan fingerprint density at radius 3 is 2.81 bits per heavy atom. The molecule has 8 nitrogen and oxygen atoms in total. The molecule has 0 aliphatic carbocycles. The van der Waals surface area contributed by atoms with Crippen LogP contribution in [0.25, 0.3) is 11.1 Å². The van der Waals surface area contributed by atoms with Crippen molar-refractivity contribution in [2.24, 2.45) is 0 Å². The van der Waals surface area contributed by atoms with Gasteiger partial charge in [-0.25, -0.2) is 0 Å². The topological polar surface area (TPSA) is 93.4 Å². The van der Waals surface area contributed by atoms with Crippen LogP contribution in [0.1, 0.15) is 19.8 Å². The molecule has 1 saturated heterocycles. The number of hydrogen-bond donors (Lipinski definition) is 3. The molecule has 2 aromatic heterocycles. The van der Waals surface area contributed by atoms with Crippen molar-refractivity contribution in [3.8, 4) is 11.1 Å². The summed E-state index contributed by atoms with van der Waals surface area (Å²) in [5.41, 5.74) is 2.37. The first-order valence-electron chi connectivity index (χ1n) is 10.8. The van der Waals surface area contributed by atoms with Crippen LogP contribution in [0.2, 0.25) is 0 Å². The van der Waals surface area contributed by atoms with E-state index in [2.05, 4.69) is 25.5 Å². The minimum absolute atomic E-state index is 0.0212. The van der Waals surface area contributed by atoms with E-state index in [1.54, 1.807) is 25.5 Å². The normalized spacial score (nSPS) is 16.5. The molecule has 1 amide bonds. The molecule has 1 aliphatic rings. The Hall–Kier alpha value is -3.13. The number of aromatic nitrogens is 2. The third kappa shape index (κ3) is 5.32. The first-order valence-corrected chi connectivity index (χ1v) is 10.8. The summed E-state index contributed by atoms with van der Waals surface area (Å²) in [5, 5.41) is 6.09. The number of carbonyl (C=O) groups excluding carboxylic acids is 1. The highest BCUT2D eigenvalue weighted by molar-refractivity contribution is 5.87. The molecule has 0 saturated carbocycles. The fraction of sp³-hybridized carbons (Fsp3) is 0.435. The molecule has 0 radical (unpaired) electrons. The lowest BCUT2D eigenvalue weighted by Crippen LogP contribution is -2.50. The Morgan fingerprint density at radius 2 is 2.13 bits per heavy atom. The lowest BCUT2D eigenvalue weighted by Gasteiger charge is -2.39. The molecule has 3 rings (SSSR count). The molecule has 31 heavy (non-hydrogen) atoms. The number of anilines is 2. The van der Waals surface area contributed by atoms with Crippen molar-refractivity contribution >= 4 is 17.4 Å². The maximum Gasteiger partial charge on any atom is 0.273 e. The Kier molecular flexibility index (Phi) is 7.83. The van der Waals surface area contributed by atoms with Gasteiger partial charge in [0.05, 0.1) is 0 Å². The molecule has 0 spiro atoms. The van der Waals surface area contributed by atoms with Crippen molar-refractivity contribution in [1.82, 2.24) is 20.2 Å². The van der Waals surface area contributed by atoms with Gasteiger partial charge >= 0.3 is 0 Å². The Balaban J connectivity index is 1.89. The second-order valence-corrected chi connectivity index (χ2v) is 7.58. The van der Waals surface area contributed by atoms with Crippen molar-refractivity contribution in [2.45, 2.75) is 25.8 Å². The molecule has 2 aromatic rings. The summed E-state index contributed by atoms with van der Waals surface area (Å²) < 4.78 is 0. The number of likely N-dealkylation sites (N-methyl/N-ethyl adjacent to an activating group) is 2. The van der Waals surface area contributed by atoms with Crippen LogP contribution in [0.15, 0.2) is 47.5 Å². The van der Waals surface area contributed by atoms with Crippen molar-refractivity contribution in [2.75, 3.05) is 50.5 Å². The van der Waals surface area contributed by atoms with Crippen molar-refractivity contribution in [3.05, 3.63) is 53.1 Å². The summed E-state index contributed by atoms with van der Waals surface area (Å²) in [5.74, 6) is 0.694. The van der Waals surface area contributed by atoms with Gasteiger partial charge in [0.1, 0.15) is 11.5 Å². The van der Waals surface area contributed by atoms with Crippen LogP contribution in [-0.4, -0.2) is 67.1 Å². The van der Waals surface area contributed by atoms with E-state index in [4.69, 9.17) is 0 Å². The molecule has 1 atom stereocenters. The zero-order valence-corrected chi connectivity index (χ0v) is 18.5. The fourth-order valence-electron chi connectivity index (χ4n) is 4.11. The van der Waals surface area contributed by atoms with Gasteiger partial charge in [-0.15, -0.1) is 0 Å². The maximum atomic E-state index is 13.0. The van der Waals surface area contributed by atoms with Gasteiger partial charge in [-0.1, -0.05) is 6.08 Å². The summed E-state index contributed by atoms with van der Waals surface area (Å²) >= 11 is 0. The first-order chi connectivity index (χ1) is 15.1. The van der Waals surface area contributed by atoms with E-state index < -0.39 is 0 Å². The van der Waals surface area contributed by atoms with E-state index in [0.717, 1.165) is 30.5 Å². The van der Waals surface area contributed by atoms with Gasteiger partial charge in [0, 0.05) is 63.3 Å². The molecule has 1 aliphatic heterocycles. The monoisotopic (exact) mass is 424 g/mol. The van der Waals surface area contributed by atoms with Crippen LogP contribution >= 0.6 is 0 Å². The molecule has 1 fully saturated rings.